The molecule has 0 fully saturated rings. The highest BCUT2D eigenvalue weighted by atomic mass is 15.0. The maximum Gasteiger partial charge on any atom is 0.0804 e. The first kappa shape index (κ1) is 17.7. The van der Waals surface area contributed by atoms with Crippen molar-refractivity contribution in [2.24, 2.45) is 5.73 Å². The van der Waals surface area contributed by atoms with E-state index in [2.05, 4.69) is 104 Å². The minimum absolute atomic E-state index is 0.359. The second-order valence-electron chi connectivity index (χ2n) is 7.56. The Morgan fingerprint density at radius 3 is 1.63 bits per heavy atom. The minimum Gasteiger partial charge on any atom is -0.317 e. The third-order valence-electron chi connectivity index (χ3n) is 5.33. The molecule has 0 radical (unpaired) electrons. The van der Waals surface area contributed by atoms with Gasteiger partial charge in [0.1, 0.15) is 0 Å². The van der Waals surface area contributed by atoms with Crippen molar-refractivity contribution in [1.82, 2.24) is 5.32 Å². The van der Waals surface area contributed by atoms with Gasteiger partial charge in [-0.3, -0.25) is 0 Å². The lowest BCUT2D eigenvalue weighted by Crippen LogP contribution is -2.48. The summed E-state index contributed by atoms with van der Waals surface area (Å²) in [5.74, 6) is 0. The van der Waals surface area contributed by atoms with Gasteiger partial charge in [-0.1, -0.05) is 98.8 Å². The van der Waals surface area contributed by atoms with Gasteiger partial charge < -0.3 is 11.1 Å². The molecule has 0 amide bonds. The van der Waals surface area contributed by atoms with E-state index >= 15 is 0 Å². The normalized spacial score (nSPS) is 12.1. The van der Waals surface area contributed by atoms with E-state index in [1.54, 1.807) is 0 Å². The molecule has 0 unspecified atom stereocenters. The fourth-order valence-corrected chi connectivity index (χ4v) is 3.93. The molecule has 0 aromatic heterocycles. The van der Waals surface area contributed by atoms with Crippen molar-refractivity contribution >= 4 is 21.5 Å². The molecule has 0 saturated heterocycles. The number of fused-ring (bicyclic) bond motifs is 2. The van der Waals surface area contributed by atoms with Gasteiger partial charge in [0.15, 0.2) is 0 Å². The van der Waals surface area contributed by atoms with Crippen molar-refractivity contribution in [1.29, 1.82) is 0 Å². The quantitative estimate of drug-likeness (QED) is 0.517. The molecule has 0 aliphatic rings. The number of nitrogens with two attached hydrogens (primary N) is 1. The molecule has 4 rings (SSSR count). The van der Waals surface area contributed by atoms with E-state index in [1.807, 2.05) is 0 Å². The van der Waals surface area contributed by atoms with Crippen molar-refractivity contribution in [2.75, 3.05) is 6.54 Å². The summed E-state index contributed by atoms with van der Waals surface area (Å²) >= 11 is 0. The first-order valence-electron chi connectivity index (χ1n) is 9.58. The van der Waals surface area contributed by atoms with Crippen LogP contribution in [0.25, 0.3) is 21.5 Å². The maximum absolute atomic E-state index is 7.26. The van der Waals surface area contributed by atoms with Crippen LogP contribution in [0, 0.1) is 0 Å². The van der Waals surface area contributed by atoms with Crippen LogP contribution in [-0.2, 0) is 5.54 Å². The number of benzene rings is 4. The van der Waals surface area contributed by atoms with Gasteiger partial charge in [0.2, 0.25) is 0 Å². The highest BCUT2D eigenvalue weighted by Crippen LogP contribution is 2.36. The summed E-state index contributed by atoms with van der Waals surface area (Å²) in [7, 11) is 0. The second-order valence-corrected chi connectivity index (χ2v) is 7.56. The molecule has 0 aliphatic heterocycles. The molecule has 0 saturated carbocycles. The van der Waals surface area contributed by atoms with Crippen molar-refractivity contribution in [3.05, 3.63) is 96.1 Å². The summed E-state index contributed by atoms with van der Waals surface area (Å²) in [4.78, 5) is 0. The predicted molar refractivity (Wildman–Crippen MR) is 116 cm³/mol. The summed E-state index contributed by atoms with van der Waals surface area (Å²) in [6.45, 7) is 4.99. The van der Waals surface area contributed by atoms with Crippen LogP contribution in [0.3, 0.4) is 0 Å². The highest BCUT2D eigenvalue weighted by molar-refractivity contribution is 5.91. The molecule has 27 heavy (non-hydrogen) atoms. The van der Waals surface area contributed by atoms with Gasteiger partial charge in [0, 0.05) is 12.6 Å². The van der Waals surface area contributed by atoms with Crippen LogP contribution in [0.5, 0.6) is 0 Å². The number of hydrogen-bond donors (Lipinski definition) is 2. The van der Waals surface area contributed by atoms with Crippen molar-refractivity contribution in [3.63, 3.8) is 0 Å². The smallest absolute Gasteiger partial charge is 0.0804 e. The van der Waals surface area contributed by atoms with Gasteiger partial charge in [0.05, 0.1) is 5.54 Å². The van der Waals surface area contributed by atoms with Crippen LogP contribution in [-0.4, -0.2) is 12.6 Å². The van der Waals surface area contributed by atoms with Crippen LogP contribution < -0.4 is 11.1 Å². The molecule has 2 heteroatoms. The SMILES string of the molecule is CC(C)NCC(N)(c1cccc2ccccc12)c1cccc2ccccc12. The zero-order valence-electron chi connectivity index (χ0n) is 15.9. The van der Waals surface area contributed by atoms with Crippen LogP contribution in [0.4, 0.5) is 0 Å². The van der Waals surface area contributed by atoms with E-state index in [9.17, 15) is 0 Å². The largest absolute Gasteiger partial charge is 0.317 e. The number of nitrogens with one attached hydrogen (secondary N) is 1. The third-order valence-corrected chi connectivity index (χ3v) is 5.33. The average molecular weight is 354 g/mol. The van der Waals surface area contributed by atoms with E-state index in [4.69, 9.17) is 5.73 Å². The van der Waals surface area contributed by atoms with E-state index < -0.39 is 5.54 Å². The molecule has 2 nitrogen and oxygen atoms in total. The van der Waals surface area contributed by atoms with Gasteiger partial charge in [-0.05, 0) is 32.7 Å². The van der Waals surface area contributed by atoms with Gasteiger partial charge >= 0.3 is 0 Å². The molecular weight excluding hydrogens is 328 g/mol. The summed E-state index contributed by atoms with van der Waals surface area (Å²) in [5, 5.41) is 8.44. The topological polar surface area (TPSA) is 38.0 Å². The highest BCUT2D eigenvalue weighted by Gasteiger charge is 2.32. The Morgan fingerprint density at radius 1 is 0.704 bits per heavy atom. The first-order valence-corrected chi connectivity index (χ1v) is 9.58. The molecule has 3 N–H and O–H groups in total. The van der Waals surface area contributed by atoms with E-state index in [-0.39, 0.29) is 0 Å². The Morgan fingerprint density at radius 2 is 1.15 bits per heavy atom. The molecule has 0 bridgehead atoms. The van der Waals surface area contributed by atoms with Crippen LogP contribution >= 0.6 is 0 Å². The fourth-order valence-electron chi connectivity index (χ4n) is 3.93. The Kier molecular flexibility index (Phi) is 4.69. The molecule has 4 aromatic rings. The summed E-state index contributed by atoms with van der Waals surface area (Å²) < 4.78 is 0. The Bertz CT molecular complexity index is 992. The Labute approximate surface area is 161 Å². The van der Waals surface area contributed by atoms with Gasteiger partial charge in [-0.15, -0.1) is 0 Å². The maximum atomic E-state index is 7.26. The van der Waals surface area contributed by atoms with E-state index in [0.717, 1.165) is 11.1 Å². The predicted octanol–water partition coefficient (Wildman–Crippen LogP) is 5.19. The zero-order valence-corrected chi connectivity index (χ0v) is 15.9. The molecule has 4 aromatic carbocycles. The summed E-state index contributed by atoms with van der Waals surface area (Å²) in [5.41, 5.74) is 8.94. The molecule has 0 atom stereocenters. The van der Waals surface area contributed by atoms with Crippen molar-refractivity contribution in [2.45, 2.75) is 25.4 Å². The van der Waals surface area contributed by atoms with Crippen LogP contribution in [0.2, 0.25) is 0 Å². The van der Waals surface area contributed by atoms with Crippen LogP contribution in [0.1, 0.15) is 25.0 Å². The lowest BCUT2D eigenvalue weighted by atomic mass is 9.79. The first-order chi connectivity index (χ1) is 13.1. The summed E-state index contributed by atoms with van der Waals surface area (Å²) in [6.07, 6.45) is 0. The van der Waals surface area contributed by atoms with E-state index in [0.29, 0.717) is 12.6 Å². The number of hydrogen-bond acceptors (Lipinski definition) is 2. The molecule has 0 spiro atoms. The Hall–Kier alpha value is -2.68. The van der Waals surface area contributed by atoms with Crippen molar-refractivity contribution < 1.29 is 0 Å². The third kappa shape index (κ3) is 3.23. The Balaban J connectivity index is 2.00. The van der Waals surface area contributed by atoms with Gasteiger partial charge in [0.25, 0.3) is 0 Å². The monoisotopic (exact) mass is 354 g/mol. The number of rotatable bonds is 5. The minimum atomic E-state index is -0.633. The molecule has 0 heterocycles. The average Bonchev–Trinajstić information content (AvgIpc) is 2.71. The van der Waals surface area contributed by atoms with E-state index in [1.165, 1.54) is 21.5 Å². The summed E-state index contributed by atoms with van der Waals surface area (Å²) in [6, 6.07) is 30.2. The zero-order chi connectivity index (χ0) is 18.9. The van der Waals surface area contributed by atoms with Gasteiger partial charge in [-0.25, -0.2) is 0 Å². The molecule has 136 valence electrons. The lowest BCUT2D eigenvalue weighted by molar-refractivity contribution is 0.455. The fraction of sp³-hybridized carbons (Fsp3) is 0.200. The standard InChI is InChI=1S/C25H26N2/c1-18(2)27-17-25(26,23-15-7-11-19-9-3-5-13-21(19)23)24-16-8-12-20-10-4-6-14-22(20)24/h3-16,18,27H,17,26H2,1-2H3. The second kappa shape index (κ2) is 7.15. The van der Waals surface area contributed by atoms with Crippen molar-refractivity contribution in [3.8, 4) is 0 Å². The van der Waals surface area contributed by atoms with Crippen LogP contribution in [0.15, 0.2) is 84.9 Å². The molecule has 0 aliphatic carbocycles. The van der Waals surface area contributed by atoms with Gasteiger partial charge in [-0.2, -0.15) is 0 Å². The lowest BCUT2D eigenvalue weighted by Gasteiger charge is -2.34. The molecular formula is C25H26N2.